The molecule has 1 aliphatic carbocycles. The van der Waals surface area contributed by atoms with E-state index in [2.05, 4.69) is 6.08 Å². The molecule has 0 fully saturated rings. The topological polar surface area (TPSA) is 43.4 Å². The number of ketones is 1. The van der Waals surface area contributed by atoms with Crippen LogP contribution < -0.4 is 0 Å². The first-order valence-corrected chi connectivity index (χ1v) is 7.63. The fourth-order valence-corrected chi connectivity index (χ4v) is 2.93. The van der Waals surface area contributed by atoms with E-state index in [4.69, 9.17) is 4.74 Å². The van der Waals surface area contributed by atoms with Gasteiger partial charge in [0.15, 0.2) is 5.78 Å². The van der Waals surface area contributed by atoms with E-state index in [1.807, 2.05) is 42.5 Å². The Morgan fingerprint density at radius 1 is 1.00 bits per heavy atom. The zero-order chi connectivity index (χ0) is 16.4. The van der Waals surface area contributed by atoms with Gasteiger partial charge in [-0.3, -0.25) is 4.79 Å². The van der Waals surface area contributed by atoms with E-state index in [1.165, 1.54) is 12.7 Å². The Morgan fingerprint density at radius 2 is 1.70 bits per heavy atom. The number of hydrogen-bond acceptors (Lipinski definition) is 3. The van der Waals surface area contributed by atoms with Crippen LogP contribution in [0.5, 0.6) is 0 Å². The minimum absolute atomic E-state index is 0.0579. The molecule has 0 amide bonds. The van der Waals surface area contributed by atoms with Gasteiger partial charge in [-0.25, -0.2) is 4.79 Å². The van der Waals surface area contributed by atoms with Crippen molar-refractivity contribution in [2.24, 2.45) is 0 Å². The molecule has 0 atom stereocenters. The van der Waals surface area contributed by atoms with Crippen LogP contribution >= 0.6 is 0 Å². The summed E-state index contributed by atoms with van der Waals surface area (Å²) in [4.78, 5) is 23.2. The van der Waals surface area contributed by atoms with Gasteiger partial charge in [0.05, 0.1) is 12.7 Å². The minimum atomic E-state index is -0.329. The van der Waals surface area contributed by atoms with Crippen LogP contribution in [0.3, 0.4) is 0 Å². The number of allylic oxidation sites excluding steroid dienone is 1. The molecule has 0 radical (unpaired) electrons. The third-order valence-electron chi connectivity index (χ3n) is 4.19. The van der Waals surface area contributed by atoms with Crippen molar-refractivity contribution in [1.82, 2.24) is 0 Å². The number of carbonyl (C=O) groups is 2. The Balaban J connectivity index is 2.03. The van der Waals surface area contributed by atoms with Crippen LogP contribution in [0.15, 0.2) is 48.5 Å². The predicted octanol–water partition coefficient (Wildman–Crippen LogP) is 4.05. The van der Waals surface area contributed by atoms with Gasteiger partial charge in [0, 0.05) is 5.56 Å². The summed E-state index contributed by atoms with van der Waals surface area (Å²) in [5.41, 5.74) is 5.71. The molecule has 1 aliphatic rings. The highest BCUT2D eigenvalue weighted by Gasteiger charge is 2.17. The maximum absolute atomic E-state index is 11.8. The molecule has 2 aromatic rings. The number of Topliss-reactive ketones (excluding diaryl/α,β-unsaturated/α-hetero) is 1. The Morgan fingerprint density at radius 3 is 2.35 bits per heavy atom. The summed E-state index contributed by atoms with van der Waals surface area (Å²) in [5.74, 6) is -0.271. The summed E-state index contributed by atoms with van der Waals surface area (Å²) in [7, 11) is 1.39. The number of fused-ring (bicyclic) bond motifs is 1. The molecule has 0 saturated heterocycles. The lowest BCUT2D eigenvalue weighted by molar-refractivity contribution is 0.0600. The summed E-state index contributed by atoms with van der Waals surface area (Å²) in [5, 5.41) is 0. The average molecular weight is 306 g/mol. The molecule has 3 nitrogen and oxygen atoms in total. The maximum Gasteiger partial charge on any atom is 0.337 e. The molecular formula is C20H18O3. The van der Waals surface area contributed by atoms with E-state index in [-0.39, 0.29) is 11.8 Å². The number of ether oxygens (including phenoxy) is 1. The number of carbonyl (C=O) groups excluding carboxylic acids is 2. The van der Waals surface area contributed by atoms with Gasteiger partial charge in [0.1, 0.15) is 0 Å². The van der Waals surface area contributed by atoms with Crippen molar-refractivity contribution >= 4 is 17.3 Å². The minimum Gasteiger partial charge on any atom is -0.465 e. The van der Waals surface area contributed by atoms with Crippen molar-refractivity contribution in [2.45, 2.75) is 19.8 Å². The lowest BCUT2D eigenvalue weighted by atomic mass is 9.85. The number of methoxy groups -OCH3 is 1. The number of rotatable bonds is 3. The smallest absolute Gasteiger partial charge is 0.337 e. The van der Waals surface area contributed by atoms with Gasteiger partial charge in [-0.1, -0.05) is 36.4 Å². The monoisotopic (exact) mass is 306 g/mol. The van der Waals surface area contributed by atoms with Crippen LogP contribution in [-0.2, 0) is 11.2 Å². The van der Waals surface area contributed by atoms with Gasteiger partial charge >= 0.3 is 5.97 Å². The van der Waals surface area contributed by atoms with E-state index < -0.39 is 0 Å². The third kappa shape index (κ3) is 2.95. The second-order valence-electron chi connectivity index (χ2n) is 5.65. The normalized spacial score (nSPS) is 13.0. The predicted molar refractivity (Wildman–Crippen MR) is 89.6 cm³/mol. The molecule has 0 unspecified atom stereocenters. The number of aryl methyl sites for hydroxylation is 1. The summed E-state index contributed by atoms with van der Waals surface area (Å²) in [6, 6.07) is 13.3. The largest absolute Gasteiger partial charge is 0.465 e. The highest BCUT2D eigenvalue weighted by molar-refractivity contribution is 5.95. The summed E-state index contributed by atoms with van der Waals surface area (Å²) < 4.78 is 4.81. The molecule has 3 rings (SSSR count). The molecule has 0 N–H and O–H groups in total. The van der Waals surface area contributed by atoms with Gasteiger partial charge < -0.3 is 4.74 Å². The Kier molecular flexibility index (Phi) is 4.11. The lowest BCUT2D eigenvalue weighted by Crippen LogP contribution is -2.06. The number of benzene rings is 2. The first-order chi connectivity index (χ1) is 11.1. The van der Waals surface area contributed by atoms with Gasteiger partial charge in [-0.2, -0.15) is 0 Å². The first kappa shape index (κ1) is 15.2. The Bertz CT molecular complexity index is 798. The SMILES string of the molecule is COC(=O)c1ccc2c(c1)C(c1ccc(C(C)=O)cc1)=CCC2. The fraction of sp³-hybridized carbons (Fsp3) is 0.200. The molecule has 0 aromatic heterocycles. The summed E-state index contributed by atoms with van der Waals surface area (Å²) >= 11 is 0. The van der Waals surface area contributed by atoms with Crippen molar-refractivity contribution in [2.75, 3.05) is 7.11 Å². The van der Waals surface area contributed by atoms with Gasteiger partial charge in [-0.15, -0.1) is 0 Å². The van der Waals surface area contributed by atoms with E-state index in [0.29, 0.717) is 11.1 Å². The van der Waals surface area contributed by atoms with Crippen LogP contribution in [0.2, 0.25) is 0 Å². The zero-order valence-electron chi connectivity index (χ0n) is 13.3. The van der Waals surface area contributed by atoms with Crippen LogP contribution in [0.1, 0.15) is 50.8 Å². The van der Waals surface area contributed by atoms with Crippen LogP contribution in [-0.4, -0.2) is 18.9 Å². The van der Waals surface area contributed by atoms with Crippen molar-refractivity contribution in [3.63, 3.8) is 0 Å². The van der Waals surface area contributed by atoms with E-state index in [1.54, 1.807) is 6.92 Å². The average Bonchev–Trinajstić information content (AvgIpc) is 2.60. The van der Waals surface area contributed by atoms with Crippen molar-refractivity contribution in [3.05, 3.63) is 76.4 Å². The molecule has 0 spiro atoms. The Hall–Kier alpha value is -2.68. The molecule has 0 bridgehead atoms. The molecule has 0 saturated carbocycles. The molecule has 116 valence electrons. The second kappa shape index (κ2) is 6.21. The molecule has 0 heterocycles. The number of hydrogen-bond donors (Lipinski definition) is 0. The molecular weight excluding hydrogens is 288 g/mol. The third-order valence-corrected chi connectivity index (χ3v) is 4.19. The Labute approximate surface area is 135 Å². The molecule has 0 aliphatic heterocycles. The van der Waals surface area contributed by atoms with Gasteiger partial charge in [-0.05, 0) is 54.2 Å². The highest BCUT2D eigenvalue weighted by atomic mass is 16.5. The maximum atomic E-state index is 11.8. The van der Waals surface area contributed by atoms with E-state index in [9.17, 15) is 9.59 Å². The van der Waals surface area contributed by atoms with Gasteiger partial charge in [0.25, 0.3) is 0 Å². The van der Waals surface area contributed by atoms with Crippen LogP contribution in [0, 0.1) is 0 Å². The second-order valence-corrected chi connectivity index (χ2v) is 5.65. The molecule has 3 heteroatoms. The quantitative estimate of drug-likeness (QED) is 0.634. The lowest BCUT2D eigenvalue weighted by Gasteiger charge is -2.19. The van der Waals surface area contributed by atoms with E-state index >= 15 is 0 Å². The van der Waals surface area contributed by atoms with Crippen LogP contribution in [0.4, 0.5) is 0 Å². The van der Waals surface area contributed by atoms with Crippen molar-refractivity contribution in [3.8, 4) is 0 Å². The fourth-order valence-electron chi connectivity index (χ4n) is 2.93. The standard InChI is InChI=1S/C20H18O3/c1-13(21)14-6-8-16(9-7-14)18-5-3-4-15-10-11-17(12-19(15)18)20(22)23-2/h5-12H,3-4H2,1-2H3. The van der Waals surface area contributed by atoms with Gasteiger partial charge in [0.2, 0.25) is 0 Å². The zero-order valence-corrected chi connectivity index (χ0v) is 13.3. The van der Waals surface area contributed by atoms with Crippen LogP contribution in [0.25, 0.3) is 5.57 Å². The van der Waals surface area contributed by atoms with Crippen molar-refractivity contribution in [1.29, 1.82) is 0 Å². The molecule has 23 heavy (non-hydrogen) atoms. The van der Waals surface area contributed by atoms with Crippen molar-refractivity contribution < 1.29 is 14.3 Å². The first-order valence-electron chi connectivity index (χ1n) is 7.63. The molecule has 2 aromatic carbocycles. The highest BCUT2D eigenvalue weighted by Crippen LogP contribution is 2.32. The summed E-state index contributed by atoms with van der Waals surface area (Å²) in [6.45, 7) is 1.56. The van der Waals surface area contributed by atoms with E-state index in [0.717, 1.165) is 29.5 Å². The number of esters is 1. The summed E-state index contributed by atoms with van der Waals surface area (Å²) in [6.07, 6.45) is 4.12.